The van der Waals surface area contributed by atoms with Gasteiger partial charge in [-0.1, -0.05) is 25.1 Å². The molecule has 0 saturated carbocycles. The molecule has 2 heterocycles. The van der Waals surface area contributed by atoms with Gasteiger partial charge in [0.15, 0.2) is 5.96 Å². The lowest BCUT2D eigenvalue weighted by Gasteiger charge is -2.26. The molecule has 0 aliphatic carbocycles. The summed E-state index contributed by atoms with van der Waals surface area (Å²) in [6.07, 6.45) is 5.26. The first-order valence-electron chi connectivity index (χ1n) is 10.7. The summed E-state index contributed by atoms with van der Waals surface area (Å²) >= 11 is 0. The number of aromatic nitrogens is 1. The van der Waals surface area contributed by atoms with Crippen molar-refractivity contribution >= 4 is 16.9 Å². The van der Waals surface area contributed by atoms with E-state index in [-0.39, 0.29) is 0 Å². The Hall–Kier alpha value is -2.05. The monoisotopic (exact) mass is 385 g/mol. The third-order valence-electron chi connectivity index (χ3n) is 5.31. The molecule has 0 unspecified atom stereocenters. The van der Waals surface area contributed by atoms with Crippen LogP contribution in [0.4, 0.5) is 0 Å². The van der Waals surface area contributed by atoms with Gasteiger partial charge in [0.2, 0.25) is 0 Å². The largest absolute Gasteiger partial charge is 0.379 e. The number of morpholine rings is 1. The minimum absolute atomic E-state index is 0.847. The van der Waals surface area contributed by atoms with Crippen molar-refractivity contribution in [3.05, 3.63) is 35.5 Å². The molecule has 1 fully saturated rings. The van der Waals surface area contributed by atoms with Crippen LogP contribution in [0.2, 0.25) is 0 Å². The number of H-pyrrole nitrogens is 1. The summed E-state index contributed by atoms with van der Waals surface area (Å²) in [5.74, 6) is 0.915. The lowest BCUT2D eigenvalue weighted by Crippen LogP contribution is -2.39. The molecule has 2 aromatic rings. The third-order valence-corrected chi connectivity index (χ3v) is 5.31. The van der Waals surface area contributed by atoms with E-state index in [1.165, 1.54) is 22.0 Å². The van der Waals surface area contributed by atoms with Crippen molar-refractivity contribution in [2.75, 3.05) is 52.5 Å². The molecule has 1 aliphatic rings. The maximum atomic E-state index is 5.40. The molecule has 3 N–H and O–H groups in total. The number of rotatable bonds is 9. The van der Waals surface area contributed by atoms with E-state index in [1.807, 2.05) is 0 Å². The molecular weight excluding hydrogens is 350 g/mol. The topological polar surface area (TPSA) is 64.7 Å². The van der Waals surface area contributed by atoms with E-state index in [9.17, 15) is 0 Å². The van der Waals surface area contributed by atoms with Gasteiger partial charge in [-0.2, -0.15) is 0 Å². The van der Waals surface area contributed by atoms with E-state index >= 15 is 0 Å². The SMILES string of the molecule is CCNC(=NCCCN1CCOCC1)NCCc1c[nH]c2c(CC)cccc12. The normalized spacial score (nSPS) is 15.9. The summed E-state index contributed by atoms with van der Waals surface area (Å²) in [6.45, 7) is 11.8. The highest BCUT2D eigenvalue weighted by Crippen LogP contribution is 2.22. The molecule has 0 amide bonds. The second-order valence-corrected chi connectivity index (χ2v) is 7.25. The molecule has 6 heteroatoms. The molecule has 0 radical (unpaired) electrons. The first kappa shape index (κ1) is 20.7. The lowest BCUT2D eigenvalue weighted by atomic mass is 10.1. The summed E-state index contributed by atoms with van der Waals surface area (Å²) in [6, 6.07) is 6.57. The number of aromatic amines is 1. The van der Waals surface area contributed by atoms with Gasteiger partial charge in [-0.25, -0.2) is 0 Å². The Morgan fingerprint density at radius 3 is 2.82 bits per heavy atom. The van der Waals surface area contributed by atoms with Crippen LogP contribution in [0.25, 0.3) is 10.9 Å². The highest BCUT2D eigenvalue weighted by molar-refractivity contribution is 5.86. The summed E-state index contributed by atoms with van der Waals surface area (Å²) in [5.41, 5.74) is 4.02. The summed E-state index contributed by atoms with van der Waals surface area (Å²) in [5, 5.41) is 8.18. The van der Waals surface area contributed by atoms with Crippen molar-refractivity contribution in [2.24, 2.45) is 4.99 Å². The number of ether oxygens (including phenoxy) is 1. The van der Waals surface area contributed by atoms with Crippen LogP contribution in [-0.2, 0) is 17.6 Å². The number of para-hydroxylation sites is 1. The number of fused-ring (bicyclic) bond motifs is 1. The molecule has 6 nitrogen and oxygen atoms in total. The molecule has 1 aromatic carbocycles. The maximum Gasteiger partial charge on any atom is 0.191 e. The van der Waals surface area contributed by atoms with Crippen molar-refractivity contribution < 1.29 is 4.74 Å². The van der Waals surface area contributed by atoms with E-state index in [0.717, 1.165) is 77.7 Å². The highest BCUT2D eigenvalue weighted by Gasteiger charge is 2.09. The van der Waals surface area contributed by atoms with Crippen LogP contribution in [0, 0.1) is 0 Å². The van der Waals surface area contributed by atoms with Gasteiger partial charge in [-0.05, 0) is 37.3 Å². The van der Waals surface area contributed by atoms with Crippen LogP contribution in [-0.4, -0.2) is 68.3 Å². The first-order chi connectivity index (χ1) is 13.8. The first-order valence-corrected chi connectivity index (χ1v) is 10.7. The van der Waals surface area contributed by atoms with E-state index in [0.29, 0.717) is 0 Å². The molecular formula is C22H35N5O. The van der Waals surface area contributed by atoms with E-state index < -0.39 is 0 Å². The van der Waals surface area contributed by atoms with Gasteiger partial charge in [0, 0.05) is 56.4 Å². The van der Waals surface area contributed by atoms with Crippen molar-refractivity contribution in [1.82, 2.24) is 20.5 Å². The zero-order valence-electron chi connectivity index (χ0n) is 17.4. The second kappa shape index (κ2) is 11.1. The molecule has 1 saturated heterocycles. The van der Waals surface area contributed by atoms with Gasteiger partial charge in [-0.15, -0.1) is 0 Å². The third kappa shape index (κ3) is 5.72. The summed E-state index contributed by atoms with van der Waals surface area (Å²) < 4.78 is 5.40. The standard InChI is InChI=1S/C22H35N5O/c1-3-18-7-5-8-20-19(17-26-21(18)20)9-11-25-22(23-4-2)24-10-6-12-27-13-15-28-16-14-27/h5,7-8,17,26H,3-4,6,9-16H2,1-2H3,(H2,23,24,25). The highest BCUT2D eigenvalue weighted by atomic mass is 16.5. The molecule has 154 valence electrons. The minimum atomic E-state index is 0.847. The molecule has 0 spiro atoms. The predicted molar refractivity (Wildman–Crippen MR) is 117 cm³/mol. The average Bonchev–Trinajstić information content (AvgIpc) is 3.15. The van der Waals surface area contributed by atoms with E-state index in [4.69, 9.17) is 9.73 Å². The van der Waals surface area contributed by atoms with Crippen molar-refractivity contribution in [3.63, 3.8) is 0 Å². The fraction of sp³-hybridized carbons (Fsp3) is 0.591. The number of aliphatic imine (C=N–C) groups is 1. The summed E-state index contributed by atoms with van der Waals surface area (Å²) in [7, 11) is 0. The molecule has 1 aliphatic heterocycles. The fourth-order valence-electron chi connectivity index (χ4n) is 3.74. The Bertz CT molecular complexity index is 748. The zero-order valence-corrected chi connectivity index (χ0v) is 17.4. The van der Waals surface area contributed by atoms with Crippen LogP contribution < -0.4 is 10.6 Å². The van der Waals surface area contributed by atoms with Crippen molar-refractivity contribution in [1.29, 1.82) is 0 Å². The Labute approximate surface area is 168 Å². The average molecular weight is 386 g/mol. The predicted octanol–water partition coefficient (Wildman–Crippen LogP) is 2.55. The van der Waals surface area contributed by atoms with E-state index in [1.54, 1.807) is 0 Å². The van der Waals surface area contributed by atoms with Gasteiger partial charge >= 0.3 is 0 Å². The smallest absolute Gasteiger partial charge is 0.191 e. The molecule has 3 rings (SSSR count). The zero-order chi connectivity index (χ0) is 19.6. The van der Waals surface area contributed by atoms with Crippen molar-refractivity contribution in [2.45, 2.75) is 33.1 Å². The van der Waals surface area contributed by atoms with Crippen molar-refractivity contribution in [3.8, 4) is 0 Å². The number of nitrogens with zero attached hydrogens (tertiary/aromatic N) is 2. The minimum Gasteiger partial charge on any atom is -0.379 e. The number of hydrogen-bond acceptors (Lipinski definition) is 3. The Morgan fingerprint density at radius 1 is 1.18 bits per heavy atom. The van der Waals surface area contributed by atoms with Gasteiger partial charge in [0.25, 0.3) is 0 Å². The Balaban J connectivity index is 1.46. The van der Waals surface area contributed by atoms with Crippen LogP contribution in [0.1, 0.15) is 31.4 Å². The van der Waals surface area contributed by atoms with Crippen LogP contribution >= 0.6 is 0 Å². The number of nitrogens with one attached hydrogen (secondary N) is 3. The lowest BCUT2D eigenvalue weighted by molar-refractivity contribution is 0.0377. The van der Waals surface area contributed by atoms with Crippen LogP contribution in [0.5, 0.6) is 0 Å². The maximum absolute atomic E-state index is 5.40. The van der Waals surface area contributed by atoms with Gasteiger partial charge in [0.05, 0.1) is 13.2 Å². The summed E-state index contributed by atoms with van der Waals surface area (Å²) in [4.78, 5) is 10.7. The quantitative estimate of drug-likeness (QED) is 0.353. The van der Waals surface area contributed by atoms with Gasteiger partial charge < -0.3 is 20.4 Å². The molecule has 1 aromatic heterocycles. The van der Waals surface area contributed by atoms with Gasteiger partial charge in [0.1, 0.15) is 0 Å². The Morgan fingerprint density at radius 2 is 2.04 bits per heavy atom. The number of aryl methyl sites for hydroxylation is 1. The number of benzene rings is 1. The molecule has 0 bridgehead atoms. The van der Waals surface area contributed by atoms with Crippen LogP contribution in [0.3, 0.4) is 0 Å². The van der Waals surface area contributed by atoms with Gasteiger partial charge in [-0.3, -0.25) is 9.89 Å². The molecule has 28 heavy (non-hydrogen) atoms. The molecule has 0 atom stereocenters. The fourth-order valence-corrected chi connectivity index (χ4v) is 3.74. The second-order valence-electron chi connectivity index (χ2n) is 7.25. The van der Waals surface area contributed by atoms with Crippen LogP contribution in [0.15, 0.2) is 29.4 Å². The Kier molecular flexibility index (Phi) is 8.18. The number of guanidine groups is 1. The van der Waals surface area contributed by atoms with E-state index in [2.05, 4.69) is 58.8 Å². The number of hydrogen-bond donors (Lipinski definition) is 3.